The smallest absolute Gasteiger partial charge is 0.228 e. The molecule has 0 bridgehead atoms. The molecule has 0 aliphatic carbocycles. The first-order valence-electron chi connectivity index (χ1n) is 5.24. The lowest BCUT2D eigenvalue weighted by Gasteiger charge is -2.30. The van der Waals surface area contributed by atoms with Crippen LogP contribution < -0.4 is 5.73 Å². The molecule has 2 N–H and O–H groups in total. The summed E-state index contributed by atoms with van der Waals surface area (Å²) in [5.74, 6) is 1.20. The largest absolute Gasteiger partial charge is 0.375 e. The molecule has 0 aromatic carbocycles. The first-order chi connectivity index (χ1) is 7.65. The van der Waals surface area contributed by atoms with E-state index < -0.39 is 0 Å². The number of hydrogen-bond acceptors (Lipinski definition) is 5. The van der Waals surface area contributed by atoms with Gasteiger partial charge in [-0.25, -0.2) is 4.98 Å². The molecule has 16 heavy (non-hydrogen) atoms. The fourth-order valence-electron chi connectivity index (χ4n) is 1.72. The van der Waals surface area contributed by atoms with E-state index >= 15 is 0 Å². The lowest BCUT2D eigenvalue weighted by atomic mass is 10.3. The van der Waals surface area contributed by atoms with Crippen LogP contribution in [-0.4, -0.2) is 39.9 Å². The molecule has 6 heteroatoms. The zero-order valence-corrected chi connectivity index (χ0v) is 10.8. The topological polar surface area (TPSA) is 59.2 Å². The molecule has 4 nitrogen and oxygen atoms in total. The third-order valence-corrected chi connectivity index (χ3v) is 4.35. The maximum Gasteiger partial charge on any atom is 0.228 e. The summed E-state index contributed by atoms with van der Waals surface area (Å²) in [5.41, 5.74) is 6.32. The van der Waals surface area contributed by atoms with E-state index in [1.807, 2.05) is 22.0 Å². The Labute approximate surface area is 103 Å². The minimum absolute atomic E-state index is 0.164. The average molecular weight is 257 g/mol. The highest BCUT2D eigenvalue weighted by Crippen LogP contribution is 2.19. The molecular formula is C10H15N3OS2. The van der Waals surface area contributed by atoms with E-state index in [4.69, 9.17) is 5.73 Å². The molecule has 1 fully saturated rings. The van der Waals surface area contributed by atoms with Crippen LogP contribution in [0.15, 0.2) is 5.38 Å². The quantitative estimate of drug-likeness (QED) is 0.866. The second-order valence-electron chi connectivity index (χ2n) is 3.88. The van der Waals surface area contributed by atoms with Crippen molar-refractivity contribution in [1.82, 2.24) is 9.88 Å². The van der Waals surface area contributed by atoms with Crippen LogP contribution in [0.2, 0.25) is 0 Å². The van der Waals surface area contributed by atoms with Crippen molar-refractivity contribution >= 4 is 34.1 Å². The van der Waals surface area contributed by atoms with Crippen molar-refractivity contribution < 1.29 is 4.79 Å². The van der Waals surface area contributed by atoms with Crippen LogP contribution in [0.5, 0.6) is 0 Å². The van der Waals surface area contributed by atoms with E-state index in [2.05, 4.69) is 11.9 Å². The summed E-state index contributed by atoms with van der Waals surface area (Å²) in [5, 5.41) is 2.93. The van der Waals surface area contributed by atoms with Gasteiger partial charge in [-0.1, -0.05) is 6.92 Å². The Morgan fingerprint density at radius 1 is 1.75 bits per heavy atom. The number of nitrogen functional groups attached to an aromatic ring is 1. The highest BCUT2D eigenvalue weighted by atomic mass is 32.2. The number of rotatable bonds is 2. The van der Waals surface area contributed by atoms with Gasteiger partial charge < -0.3 is 10.6 Å². The number of amides is 1. The van der Waals surface area contributed by atoms with Crippen LogP contribution >= 0.6 is 23.1 Å². The first-order valence-corrected chi connectivity index (χ1v) is 7.17. The Morgan fingerprint density at radius 3 is 3.19 bits per heavy atom. The fourth-order valence-corrected chi connectivity index (χ4v) is 3.29. The van der Waals surface area contributed by atoms with Gasteiger partial charge >= 0.3 is 0 Å². The molecule has 0 spiro atoms. The van der Waals surface area contributed by atoms with Gasteiger partial charge in [0.05, 0.1) is 12.1 Å². The van der Waals surface area contributed by atoms with Crippen LogP contribution in [0.25, 0.3) is 0 Å². The normalized spacial score (nSPS) is 21.1. The van der Waals surface area contributed by atoms with Gasteiger partial charge in [-0.15, -0.1) is 11.3 Å². The maximum absolute atomic E-state index is 12.0. The third kappa shape index (κ3) is 2.89. The van der Waals surface area contributed by atoms with Crippen LogP contribution in [0.1, 0.15) is 12.6 Å². The zero-order valence-electron chi connectivity index (χ0n) is 9.18. The third-order valence-electron chi connectivity index (χ3n) is 2.50. The minimum Gasteiger partial charge on any atom is -0.375 e. The monoisotopic (exact) mass is 257 g/mol. The number of hydrogen-bond donors (Lipinski definition) is 1. The summed E-state index contributed by atoms with van der Waals surface area (Å²) in [6.07, 6.45) is 0.380. The highest BCUT2D eigenvalue weighted by Gasteiger charge is 2.21. The Bertz CT molecular complexity index is 380. The zero-order chi connectivity index (χ0) is 11.5. The van der Waals surface area contributed by atoms with E-state index in [1.54, 1.807) is 0 Å². The number of nitrogens with two attached hydrogens (primary N) is 1. The number of carbonyl (C=O) groups is 1. The molecule has 88 valence electrons. The van der Waals surface area contributed by atoms with Crippen molar-refractivity contribution in [2.24, 2.45) is 0 Å². The fraction of sp³-hybridized carbons (Fsp3) is 0.600. The number of anilines is 1. The lowest BCUT2D eigenvalue weighted by Crippen LogP contribution is -2.41. The van der Waals surface area contributed by atoms with Crippen molar-refractivity contribution in [2.45, 2.75) is 18.6 Å². The molecule has 1 unspecified atom stereocenters. The van der Waals surface area contributed by atoms with Gasteiger partial charge in [0, 0.05) is 29.5 Å². The van der Waals surface area contributed by atoms with Crippen LogP contribution in [0.3, 0.4) is 0 Å². The number of thiazole rings is 1. The van der Waals surface area contributed by atoms with E-state index in [0.29, 0.717) is 16.8 Å². The van der Waals surface area contributed by atoms with Crippen molar-refractivity contribution in [3.8, 4) is 0 Å². The van der Waals surface area contributed by atoms with Gasteiger partial charge in [-0.2, -0.15) is 11.8 Å². The van der Waals surface area contributed by atoms with Gasteiger partial charge in [0.15, 0.2) is 5.13 Å². The molecule has 1 aromatic heterocycles. The molecule has 0 saturated carbocycles. The number of aromatic nitrogens is 1. The Kier molecular flexibility index (Phi) is 3.70. The molecule has 0 radical (unpaired) electrons. The molecule has 2 heterocycles. The van der Waals surface area contributed by atoms with Gasteiger partial charge in [0.25, 0.3) is 0 Å². The molecule has 1 aromatic rings. The van der Waals surface area contributed by atoms with Crippen LogP contribution in [0.4, 0.5) is 5.13 Å². The van der Waals surface area contributed by atoms with E-state index in [1.165, 1.54) is 11.3 Å². The maximum atomic E-state index is 12.0. The van der Waals surface area contributed by atoms with E-state index in [-0.39, 0.29) is 5.91 Å². The molecule has 1 aliphatic heterocycles. The van der Waals surface area contributed by atoms with Crippen LogP contribution in [0, 0.1) is 0 Å². The first kappa shape index (κ1) is 11.7. The summed E-state index contributed by atoms with van der Waals surface area (Å²) in [6, 6.07) is 0. The molecular weight excluding hydrogens is 242 g/mol. The predicted octanol–water partition coefficient (Wildman–Crippen LogP) is 1.23. The summed E-state index contributed by atoms with van der Waals surface area (Å²) in [6.45, 7) is 3.86. The van der Waals surface area contributed by atoms with Crippen molar-refractivity contribution in [2.75, 3.05) is 24.6 Å². The number of carbonyl (C=O) groups excluding carboxylic acids is 1. The predicted molar refractivity (Wildman–Crippen MR) is 68.7 cm³/mol. The Balaban J connectivity index is 1.92. The summed E-state index contributed by atoms with van der Waals surface area (Å²) >= 11 is 3.31. The van der Waals surface area contributed by atoms with Crippen molar-refractivity contribution in [3.63, 3.8) is 0 Å². The lowest BCUT2D eigenvalue weighted by molar-refractivity contribution is -0.130. The van der Waals surface area contributed by atoms with Crippen molar-refractivity contribution in [1.29, 1.82) is 0 Å². The standard InChI is InChI=1S/C10H15N3OS2/c1-7-5-13(2-3-15-7)9(14)4-8-6-16-10(11)12-8/h6-7H,2-5H2,1H3,(H2,11,12). The molecule has 1 amide bonds. The average Bonchev–Trinajstić information content (AvgIpc) is 2.64. The molecule has 1 aliphatic rings. The van der Waals surface area contributed by atoms with E-state index in [9.17, 15) is 4.79 Å². The second kappa shape index (κ2) is 5.05. The Morgan fingerprint density at radius 2 is 2.56 bits per heavy atom. The van der Waals surface area contributed by atoms with E-state index in [0.717, 1.165) is 24.5 Å². The van der Waals surface area contributed by atoms with Gasteiger partial charge in [0.1, 0.15) is 0 Å². The Hall–Kier alpha value is -0.750. The summed E-state index contributed by atoms with van der Waals surface area (Å²) in [4.78, 5) is 18.0. The van der Waals surface area contributed by atoms with Crippen molar-refractivity contribution in [3.05, 3.63) is 11.1 Å². The minimum atomic E-state index is 0.164. The SMILES string of the molecule is CC1CN(C(=O)Cc2csc(N)n2)CCS1. The van der Waals surface area contributed by atoms with Crippen LogP contribution in [-0.2, 0) is 11.2 Å². The summed E-state index contributed by atoms with van der Waals surface area (Å²) in [7, 11) is 0. The molecule has 1 saturated heterocycles. The number of thioether (sulfide) groups is 1. The number of nitrogens with zero attached hydrogens (tertiary/aromatic N) is 2. The highest BCUT2D eigenvalue weighted by molar-refractivity contribution is 7.99. The molecule has 2 rings (SSSR count). The van der Waals surface area contributed by atoms with Gasteiger partial charge in [0.2, 0.25) is 5.91 Å². The summed E-state index contributed by atoms with van der Waals surface area (Å²) < 4.78 is 0. The second-order valence-corrected chi connectivity index (χ2v) is 6.31. The van der Waals surface area contributed by atoms with Gasteiger partial charge in [-0.3, -0.25) is 4.79 Å². The molecule has 1 atom stereocenters. The van der Waals surface area contributed by atoms with Gasteiger partial charge in [-0.05, 0) is 0 Å².